The van der Waals surface area contributed by atoms with Crippen LogP contribution in [0.3, 0.4) is 0 Å². The van der Waals surface area contributed by atoms with Gasteiger partial charge in [-0.25, -0.2) is 12.8 Å². The van der Waals surface area contributed by atoms with Crippen LogP contribution < -0.4 is 0 Å². The zero-order chi connectivity index (χ0) is 21.3. The lowest BCUT2D eigenvalue weighted by atomic mass is 10.0. The van der Waals surface area contributed by atoms with Crippen LogP contribution in [0.2, 0.25) is 5.02 Å². The molecule has 0 aliphatic rings. The van der Waals surface area contributed by atoms with Crippen molar-refractivity contribution in [3.63, 3.8) is 0 Å². The minimum Gasteiger partial charge on any atom is -0.218 e. The van der Waals surface area contributed by atoms with E-state index in [1.807, 2.05) is 43.3 Å². The summed E-state index contributed by atoms with van der Waals surface area (Å²) in [5.41, 5.74) is 2.17. The maximum absolute atomic E-state index is 14.2. The quantitative estimate of drug-likeness (QED) is 0.353. The summed E-state index contributed by atoms with van der Waals surface area (Å²) in [5.74, 6) is -0.383. The lowest BCUT2D eigenvalue weighted by Crippen LogP contribution is -2.08. The van der Waals surface area contributed by atoms with Gasteiger partial charge in [0.1, 0.15) is 5.82 Å². The Morgan fingerprint density at radius 2 is 1.50 bits per heavy atom. The Kier molecular flexibility index (Phi) is 5.63. The second kappa shape index (κ2) is 8.21. The smallest absolute Gasteiger partial charge is 0.207 e. The molecule has 0 fully saturated rings. The fraction of sp³-hybridized carbons (Fsp3) is 0.120. The third kappa shape index (κ3) is 3.98. The maximum Gasteiger partial charge on any atom is 0.207 e. The van der Waals surface area contributed by atoms with Crippen molar-refractivity contribution < 1.29 is 12.8 Å². The molecule has 0 radical (unpaired) electrons. The van der Waals surface area contributed by atoms with E-state index < -0.39 is 9.84 Å². The molecule has 0 aromatic heterocycles. The van der Waals surface area contributed by atoms with E-state index in [0.717, 1.165) is 10.9 Å². The Labute approximate surface area is 180 Å². The molecule has 0 bridgehead atoms. The number of rotatable bonds is 5. The lowest BCUT2D eigenvalue weighted by Gasteiger charge is -2.15. The summed E-state index contributed by atoms with van der Waals surface area (Å²) >= 11 is 5.84. The molecule has 152 valence electrons. The molecule has 4 rings (SSSR count). The van der Waals surface area contributed by atoms with Crippen LogP contribution in [0.1, 0.15) is 16.7 Å². The summed E-state index contributed by atoms with van der Waals surface area (Å²) in [6.07, 6.45) is 0.765. The number of hydrogen-bond donors (Lipinski definition) is 0. The molecule has 4 aromatic carbocycles. The Morgan fingerprint density at radius 1 is 0.833 bits per heavy atom. The highest BCUT2D eigenvalue weighted by molar-refractivity contribution is 7.91. The third-order valence-corrected chi connectivity index (χ3v) is 7.39. The van der Waals surface area contributed by atoms with Gasteiger partial charge in [0.2, 0.25) is 9.84 Å². The molecule has 2 nitrogen and oxygen atoms in total. The number of aryl methyl sites for hydroxylation is 3. The van der Waals surface area contributed by atoms with Crippen molar-refractivity contribution in [3.05, 3.63) is 106 Å². The number of fused-ring (bicyclic) bond motifs is 1. The Hall–Kier alpha value is -2.69. The summed E-state index contributed by atoms with van der Waals surface area (Å²) < 4.78 is 41.5. The Balaban J connectivity index is 1.83. The Bertz CT molecular complexity index is 1330. The molecule has 0 saturated carbocycles. The second-order valence-electron chi connectivity index (χ2n) is 7.33. The lowest BCUT2D eigenvalue weighted by molar-refractivity contribution is 0.595. The standard InChI is InChI=1S/C25H20ClFO2S/c1-17-6-14-22(15-7-17)30(28,29)25-20(10-8-18-4-2-3-5-23(18)25)11-9-19-12-13-21(26)16-24(19)27/h2-8,10,12-16H,9,11H2,1H3. The SMILES string of the molecule is Cc1ccc(S(=O)(=O)c2c(CCc3ccc(Cl)cc3F)ccc3ccccc23)cc1. The van der Waals surface area contributed by atoms with Gasteiger partial charge in [-0.15, -0.1) is 0 Å². The molecule has 0 saturated heterocycles. The van der Waals surface area contributed by atoms with Crippen LogP contribution >= 0.6 is 11.6 Å². The molecule has 0 aliphatic heterocycles. The van der Waals surface area contributed by atoms with Crippen LogP contribution in [0, 0.1) is 12.7 Å². The average Bonchev–Trinajstić information content (AvgIpc) is 2.73. The molecule has 0 N–H and O–H groups in total. The van der Waals surface area contributed by atoms with E-state index in [1.165, 1.54) is 6.07 Å². The van der Waals surface area contributed by atoms with E-state index in [1.54, 1.807) is 36.4 Å². The maximum atomic E-state index is 14.2. The highest BCUT2D eigenvalue weighted by atomic mass is 35.5. The molecule has 0 atom stereocenters. The normalized spacial score (nSPS) is 11.7. The summed E-state index contributed by atoms with van der Waals surface area (Å²) in [6, 6.07) is 22.6. The first-order chi connectivity index (χ1) is 14.4. The van der Waals surface area contributed by atoms with E-state index in [4.69, 9.17) is 11.6 Å². The monoisotopic (exact) mass is 438 g/mol. The van der Waals surface area contributed by atoms with Gasteiger partial charge in [0.05, 0.1) is 9.79 Å². The van der Waals surface area contributed by atoms with E-state index in [2.05, 4.69) is 0 Å². The van der Waals surface area contributed by atoms with Crippen LogP contribution in [0.5, 0.6) is 0 Å². The molecule has 0 amide bonds. The second-order valence-corrected chi connectivity index (χ2v) is 9.65. The molecular weight excluding hydrogens is 419 g/mol. The van der Waals surface area contributed by atoms with Gasteiger partial charge in [-0.1, -0.05) is 71.8 Å². The highest BCUT2D eigenvalue weighted by Gasteiger charge is 2.24. The molecule has 4 aromatic rings. The minimum absolute atomic E-state index is 0.253. The largest absolute Gasteiger partial charge is 0.218 e. The van der Waals surface area contributed by atoms with Crippen molar-refractivity contribution >= 4 is 32.2 Å². The van der Waals surface area contributed by atoms with Gasteiger partial charge in [-0.3, -0.25) is 0 Å². The van der Waals surface area contributed by atoms with Crippen molar-refractivity contribution in [1.29, 1.82) is 0 Å². The molecular formula is C25H20ClFO2S. The van der Waals surface area contributed by atoms with E-state index in [9.17, 15) is 12.8 Å². The molecule has 0 unspecified atom stereocenters. The van der Waals surface area contributed by atoms with E-state index in [-0.39, 0.29) is 10.7 Å². The number of hydrogen-bond acceptors (Lipinski definition) is 2. The number of benzene rings is 4. The zero-order valence-corrected chi connectivity index (χ0v) is 18.0. The van der Waals surface area contributed by atoms with Gasteiger partial charge in [-0.05, 0) is 60.5 Å². The topological polar surface area (TPSA) is 34.1 Å². The molecule has 0 spiro atoms. The molecule has 30 heavy (non-hydrogen) atoms. The highest BCUT2D eigenvalue weighted by Crippen LogP contribution is 2.33. The first-order valence-electron chi connectivity index (χ1n) is 9.62. The van der Waals surface area contributed by atoms with Gasteiger partial charge >= 0.3 is 0 Å². The third-order valence-electron chi connectivity index (χ3n) is 5.24. The number of halogens is 2. The van der Waals surface area contributed by atoms with Gasteiger partial charge in [-0.2, -0.15) is 0 Å². The van der Waals surface area contributed by atoms with E-state index >= 15 is 0 Å². The van der Waals surface area contributed by atoms with Crippen molar-refractivity contribution in [3.8, 4) is 0 Å². The fourth-order valence-electron chi connectivity index (χ4n) is 3.63. The van der Waals surface area contributed by atoms with Crippen molar-refractivity contribution in [2.75, 3.05) is 0 Å². The van der Waals surface area contributed by atoms with Crippen molar-refractivity contribution in [1.82, 2.24) is 0 Å². The van der Waals surface area contributed by atoms with Crippen LogP contribution in [0.15, 0.2) is 88.7 Å². The molecule has 5 heteroatoms. The fourth-order valence-corrected chi connectivity index (χ4v) is 5.51. The zero-order valence-electron chi connectivity index (χ0n) is 16.4. The summed E-state index contributed by atoms with van der Waals surface area (Å²) in [5, 5.41) is 1.86. The molecule has 0 aliphatic carbocycles. The van der Waals surface area contributed by atoms with Gasteiger partial charge in [0.15, 0.2) is 0 Å². The Morgan fingerprint density at radius 3 is 2.23 bits per heavy atom. The van der Waals surface area contributed by atoms with Gasteiger partial charge in [0, 0.05) is 10.4 Å². The van der Waals surface area contributed by atoms with Crippen LogP contribution in [-0.4, -0.2) is 8.42 Å². The number of sulfone groups is 1. The first-order valence-corrected chi connectivity index (χ1v) is 11.5. The average molecular weight is 439 g/mol. The first kappa shape index (κ1) is 20.6. The molecule has 0 heterocycles. The van der Waals surface area contributed by atoms with E-state index in [0.29, 0.717) is 39.3 Å². The minimum atomic E-state index is -3.75. The van der Waals surface area contributed by atoms with Gasteiger partial charge in [0.25, 0.3) is 0 Å². The summed E-state index contributed by atoms with van der Waals surface area (Å²) in [6.45, 7) is 1.92. The van der Waals surface area contributed by atoms with Crippen molar-refractivity contribution in [2.24, 2.45) is 0 Å². The van der Waals surface area contributed by atoms with Crippen LogP contribution in [0.4, 0.5) is 4.39 Å². The summed E-state index contributed by atoms with van der Waals surface area (Å²) in [7, 11) is -3.75. The van der Waals surface area contributed by atoms with Crippen LogP contribution in [0.25, 0.3) is 10.8 Å². The predicted molar refractivity (Wildman–Crippen MR) is 119 cm³/mol. The van der Waals surface area contributed by atoms with Crippen LogP contribution in [-0.2, 0) is 22.7 Å². The summed E-state index contributed by atoms with van der Waals surface area (Å²) in [4.78, 5) is 0.544. The van der Waals surface area contributed by atoms with Crippen molar-refractivity contribution in [2.45, 2.75) is 29.6 Å². The predicted octanol–water partition coefficient (Wildman–Crippen LogP) is 6.56. The van der Waals surface area contributed by atoms with Gasteiger partial charge < -0.3 is 0 Å².